The Morgan fingerprint density at radius 1 is 1.09 bits per heavy atom. The molecule has 1 aromatic carbocycles. The zero-order valence-corrected chi connectivity index (χ0v) is 18.8. The molecule has 0 radical (unpaired) electrons. The summed E-state index contributed by atoms with van der Waals surface area (Å²) < 4.78 is 10.9. The van der Waals surface area contributed by atoms with Gasteiger partial charge in [-0.05, 0) is 61.3 Å². The van der Waals surface area contributed by atoms with Gasteiger partial charge in [-0.15, -0.1) is 0 Å². The maximum atomic E-state index is 12.9. The van der Waals surface area contributed by atoms with Crippen molar-refractivity contribution in [2.75, 3.05) is 32.2 Å². The summed E-state index contributed by atoms with van der Waals surface area (Å²) >= 11 is 0. The highest BCUT2D eigenvalue weighted by Crippen LogP contribution is 2.54. The maximum Gasteiger partial charge on any atom is 0.255 e. The molecule has 5 rings (SSSR count). The Bertz CT molecular complexity index is 928. The molecular weight excluding hydrogens is 410 g/mol. The van der Waals surface area contributed by atoms with Gasteiger partial charge in [0.2, 0.25) is 11.8 Å². The molecule has 3 fully saturated rings. The summed E-state index contributed by atoms with van der Waals surface area (Å²) in [6.45, 7) is 2.42. The van der Waals surface area contributed by atoms with E-state index in [1.165, 1.54) is 0 Å². The Morgan fingerprint density at radius 2 is 1.81 bits per heavy atom. The molecule has 1 aliphatic carbocycles. The first kappa shape index (κ1) is 21.4. The molecule has 32 heavy (non-hydrogen) atoms. The third-order valence-corrected chi connectivity index (χ3v) is 7.94. The summed E-state index contributed by atoms with van der Waals surface area (Å²) in [7, 11) is 3.42. The molecule has 2 saturated heterocycles. The fraction of sp³-hybridized carbons (Fsp3) is 0.625. The van der Waals surface area contributed by atoms with Crippen LogP contribution in [0.5, 0.6) is 0 Å². The van der Waals surface area contributed by atoms with Crippen LogP contribution in [0.4, 0.5) is 5.69 Å². The number of nitrogens with zero attached hydrogens (tertiary/aromatic N) is 2. The Labute approximate surface area is 188 Å². The van der Waals surface area contributed by atoms with Gasteiger partial charge in [-0.25, -0.2) is 0 Å². The SMILES string of the molecule is COC(OC)C1CC2(CCN(c3ccc4c(c3)CN(C3CCC(=O)NC3=O)C4=O)CC2)C1. The van der Waals surface area contributed by atoms with Crippen molar-refractivity contribution in [2.45, 2.75) is 57.4 Å². The highest BCUT2D eigenvalue weighted by Gasteiger charge is 2.49. The van der Waals surface area contributed by atoms with Crippen LogP contribution in [0, 0.1) is 11.3 Å². The molecule has 1 spiro atoms. The van der Waals surface area contributed by atoms with Crippen molar-refractivity contribution in [1.82, 2.24) is 10.2 Å². The van der Waals surface area contributed by atoms with Gasteiger partial charge < -0.3 is 19.3 Å². The zero-order chi connectivity index (χ0) is 22.5. The van der Waals surface area contributed by atoms with Crippen molar-refractivity contribution in [3.05, 3.63) is 29.3 Å². The van der Waals surface area contributed by atoms with E-state index in [0.717, 1.165) is 50.0 Å². The minimum absolute atomic E-state index is 0.0970. The lowest BCUT2D eigenvalue weighted by atomic mass is 9.57. The summed E-state index contributed by atoms with van der Waals surface area (Å²) in [4.78, 5) is 40.6. The van der Waals surface area contributed by atoms with Crippen LogP contribution in [-0.2, 0) is 25.6 Å². The van der Waals surface area contributed by atoms with Crippen molar-refractivity contribution in [1.29, 1.82) is 0 Å². The van der Waals surface area contributed by atoms with Crippen LogP contribution in [-0.4, -0.2) is 62.3 Å². The van der Waals surface area contributed by atoms with E-state index in [9.17, 15) is 14.4 Å². The fourth-order valence-corrected chi connectivity index (χ4v) is 6.13. The van der Waals surface area contributed by atoms with Crippen molar-refractivity contribution in [2.24, 2.45) is 11.3 Å². The minimum atomic E-state index is -0.569. The number of ether oxygens (including phenoxy) is 2. The predicted octanol–water partition coefficient (Wildman–Crippen LogP) is 2.06. The largest absolute Gasteiger partial charge is 0.371 e. The molecular formula is C24H31N3O5. The lowest BCUT2D eigenvalue weighted by Gasteiger charge is -2.54. The Balaban J connectivity index is 1.22. The van der Waals surface area contributed by atoms with E-state index in [-0.39, 0.29) is 30.4 Å². The molecule has 1 N–H and O–H groups in total. The van der Waals surface area contributed by atoms with Gasteiger partial charge in [-0.3, -0.25) is 19.7 Å². The number of carbonyl (C=O) groups excluding carboxylic acids is 3. The van der Waals surface area contributed by atoms with E-state index in [2.05, 4.69) is 16.3 Å². The number of hydrogen-bond acceptors (Lipinski definition) is 6. The molecule has 1 saturated carbocycles. The van der Waals surface area contributed by atoms with Crippen molar-refractivity contribution < 1.29 is 23.9 Å². The van der Waals surface area contributed by atoms with E-state index in [4.69, 9.17) is 9.47 Å². The first-order valence-electron chi connectivity index (χ1n) is 11.5. The van der Waals surface area contributed by atoms with Gasteiger partial charge in [0.1, 0.15) is 6.04 Å². The van der Waals surface area contributed by atoms with Gasteiger partial charge in [0, 0.05) is 57.4 Å². The first-order chi connectivity index (χ1) is 15.4. The van der Waals surface area contributed by atoms with E-state index in [1.807, 2.05) is 12.1 Å². The Hall–Kier alpha value is -2.45. The molecule has 3 amide bonds. The summed E-state index contributed by atoms with van der Waals surface area (Å²) in [5.41, 5.74) is 3.17. The number of rotatable bonds is 5. The Morgan fingerprint density at radius 3 is 2.47 bits per heavy atom. The predicted molar refractivity (Wildman–Crippen MR) is 117 cm³/mol. The van der Waals surface area contributed by atoms with Crippen LogP contribution in [0.1, 0.15) is 54.4 Å². The molecule has 1 atom stereocenters. The van der Waals surface area contributed by atoms with E-state index in [0.29, 0.717) is 29.9 Å². The summed E-state index contributed by atoms with van der Waals surface area (Å²) in [5.74, 6) is -0.268. The number of nitrogens with one attached hydrogen (secondary N) is 1. The van der Waals surface area contributed by atoms with Crippen LogP contribution >= 0.6 is 0 Å². The Kier molecular flexibility index (Phi) is 5.45. The second-order valence-corrected chi connectivity index (χ2v) is 9.74. The number of anilines is 1. The summed E-state index contributed by atoms with van der Waals surface area (Å²) in [6.07, 6.45) is 5.19. The smallest absolute Gasteiger partial charge is 0.255 e. The quantitative estimate of drug-likeness (QED) is 0.556. The minimum Gasteiger partial charge on any atom is -0.371 e. The maximum absolute atomic E-state index is 12.9. The average Bonchev–Trinajstić information content (AvgIpc) is 3.09. The van der Waals surface area contributed by atoms with E-state index < -0.39 is 6.04 Å². The standard InChI is InChI=1S/C24H31N3O5/c1-31-23(32-2)16-12-24(13-16)7-9-26(10-8-24)17-3-4-18-15(11-17)14-27(22(18)30)19-5-6-20(28)25-21(19)29/h3-4,11,16,19,23H,5-10,12-14H2,1-2H3,(H,25,28,29). The van der Waals surface area contributed by atoms with E-state index in [1.54, 1.807) is 19.1 Å². The van der Waals surface area contributed by atoms with Crippen LogP contribution in [0.2, 0.25) is 0 Å². The molecule has 8 nitrogen and oxygen atoms in total. The lowest BCUT2D eigenvalue weighted by molar-refractivity contribution is -0.184. The molecule has 3 heterocycles. The molecule has 0 bridgehead atoms. The number of carbonyl (C=O) groups is 3. The molecule has 4 aliphatic rings. The van der Waals surface area contributed by atoms with Gasteiger partial charge in [0.25, 0.3) is 5.91 Å². The lowest BCUT2D eigenvalue weighted by Crippen LogP contribution is -2.52. The van der Waals surface area contributed by atoms with Gasteiger partial charge in [-0.1, -0.05) is 0 Å². The van der Waals surface area contributed by atoms with Crippen molar-refractivity contribution in [3.63, 3.8) is 0 Å². The average molecular weight is 442 g/mol. The number of hydrogen-bond donors (Lipinski definition) is 1. The fourth-order valence-electron chi connectivity index (χ4n) is 6.13. The second-order valence-electron chi connectivity index (χ2n) is 9.74. The third kappa shape index (κ3) is 3.59. The normalized spacial score (nSPS) is 25.3. The number of piperidine rings is 2. The number of imide groups is 1. The summed E-state index contributed by atoms with van der Waals surface area (Å²) in [6, 6.07) is 5.45. The van der Waals surface area contributed by atoms with Crippen LogP contribution in [0.15, 0.2) is 18.2 Å². The van der Waals surface area contributed by atoms with Crippen LogP contribution in [0.25, 0.3) is 0 Å². The van der Waals surface area contributed by atoms with Crippen molar-refractivity contribution >= 4 is 23.4 Å². The molecule has 172 valence electrons. The van der Waals surface area contributed by atoms with E-state index >= 15 is 0 Å². The number of fused-ring (bicyclic) bond motifs is 1. The second kappa shape index (κ2) is 8.15. The molecule has 1 aromatic rings. The molecule has 3 aliphatic heterocycles. The van der Waals surface area contributed by atoms with Gasteiger partial charge in [-0.2, -0.15) is 0 Å². The van der Waals surface area contributed by atoms with Crippen molar-refractivity contribution in [3.8, 4) is 0 Å². The van der Waals surface area contributed by atoms with Gasteiger partial charge in [0.05, 0.1) is 0 Å². The third-order valence-electron chi connectivity index (χ3n) is 7.94. The molecule has 1 unspecified atom stereocenters. The highest BCUT2D eigenvalue weighted by atomic mass is 16.7. The number of amides is 3. The molecule has 0 aromatic heterocycles. The highest BCUT2D eigenvalue weighted by molar-refractivity contribution is 6.05. The van der Waals surface area contributed by atoms with Gasteiger partial charge >= 0.3 is 0 Å². The monoisotopic (exact) mass is 441 g/mol. The summed E-state index contributed by atoms with van der Waals surface area (Å²) in [5, 5.41) is 2.36. The van der Waals surface area contributed by atoms with Crippen LogP contribution in [0.3, 0.4) is 0 Å². The number of benzene rings is 1. The number of methoxy groups -OCH3 is 2. The molecule has 8 heteroatoms. The van der Waals surface area contributed by atoms with Crippen LogP contribution < -0.4 is 10.2 Å². The first-order valence-corrected chi connectivity index (χ1v) is 11.5. The topological polar surface area (TPSA) is 88.2 Å². The van der Waals surface area contributed by atoms with Gasteiger partial charge in [0.15, 0.2) is 6.29 Å². The zero-order valence-electron chi connectivity index (χ0n) is 18.8.